The molecule has 1 saturated heterocycles. The Balaban J connectivity index is 2.53. The maximum Gasteiger partial charge on any atom is 0.495 e. The van der Waals surface area contributed by atoms with Crippen LogP contribution in [0.15, 0.2) is 17.2 Å². The molecule has 26 heavy (non-hydrogen) atoms. The van der Waals surface area contributed by atoms with Crippen LogP contribution in [-0.2, 0) is 14.0 Å². The molecule has 1 aromatic rings. The summed E-state index contributed by atoms with van der Waals surface area (Å²) in [4.78, 5) is 15.4. The van der Waals surface area contributed by atoms with E-state index in [9.17, 15) is 4.79 Å². The Hall–Kier alpha value is -2.02. The first kappa shape index (κ1) is 20.3. The second-order valence-electron chi connectivity index (χ2n) is 8.49. The Labute approximate surface area is 154 Å². The van der Waals surface area contributed by atoms with Crippen molar-refractivity contribution in [3.63, 3.8) is 0 Å². The van der Waals surface area contributed by atoms with E-state index in [2.05, 4.69) is 10.0 Å². The average Bonchev–Trinajstić information content (AvgIpc) is 2.67. The number of carbonyl (C=O) groups excluding carboxylic acids is 1. The highest BCUT2D eigenvalue weighted by Gasteiger charge is 2.52. The Morgan fingerprint density at radius 3 is 2.19 bits per heavy atom. The number of hydrogen-bond donors (Lipinski definition) is 0. The molecular formula is C18H26BN3O4. The monoisotopic (exact) mass is 359 g/mol. The standard InChI is InChI=1S/C18H26BN3O4/c1-11-13(19-25-17(5,6)18(7,8)26-19)9-12(10-14(11)21-22-20)15(23)24-16(2,3)4/h9-10H,1-8H3. The van der Waals surface area contributed by atoms with Gasteiger partial charge in [-0.25, -0.2) is 4.79 Å². The summed E-state index contributed by atoms with van der Waals surface area (Å²) < 4.78 is 17.6. The summed E-state index contributed by atoms with van der Waals surface area (Å²) in [6.45, 7) is 15.0. The van der Waals surface area contributed by atoms with E-state index in [4.69, 9.17) is 19.6 Å². The molecule has 0 atom stereocenters. The minimum Gasteiger partial charge on any atom is -0.456 e. The second kappa shape index (κ2) is 6.61. The van der Waals surface area contributed by atoms with Crippen molar-refractivity contribution < 1.29 is 18.8 Å². The number of rotatable bonds is 3. The maximum absolute atomic E-state index is 12.5. The van der Waals surface area contributed by atoms with Gasteiger partial charge in [-0.15, -0.1) is 0 Å². The van der Waals surface area contributed by atoms with Crippen molar-refractivity contribution in [2.45, 2.75) is 72.2 Å². The quantitative estimate of drug-likeness (QED) is 0.266. The number of azide groups is 1. The molecule has 2 rings (SSSR count). The summed E-state index contributed by atoms with van der Waals surface area (Å²) in [6.07, 6.45) is 0. The predicted octanol–water partition coefficient (Wildman–Crippen LogP) is 4.19. The van der Waals surface area contributed by atoms with Crippen LogP contribution in [0.3, 0.4) is 0 Å². The van der Waals surface area contributed by atoms with Crippen LogP contribution in [0.4, 0.5) is 5.69 Å². The molecule has 0 bridgehead atoms. The molecule has 0 radical (unpaired) electrons. The van der Waals surface area contributed by atoms with E-state index < -0.39 is 29.9 Å². The molecule has 7 nitrogen and oxygen atoms in total. The molecule has 0 amide bonds. The Bertz CT molecular complexity index is 761. The largest absolute Gasteiger partial charge is 0.495 e. The van der Waals surface area contributed by atoms with Crippen molar-refractivity contribution in [3.05, 3.63) is 33.7 Å². The smallest absolute Gasteiger partial charge is 0.456 e. The molecular weight excluding hydrogens is 333 g/mol. The molecule has 1 fully saturated rings. The molecule has 0 aliphatic carbocycles. The zero-order valence-electron chi connectivity index (χ0n) is 16.7. The summed E-state index contributed by atoms with van der Waals surface area (Å²) in [7, 11) is -0.671. The molecule has 0 aromatic heterocycles. The number of nitrogens with zero attached hydrogens (tertiary/aromatic N) is 3. The SMILES string of the molecule is Cc1c(N=[N+]=[N-])cc(C(=O)OC(C)(C)C)cc1B1OC(C)(C)C(C)(C)O1. The molecule has 0 saturated carbocycles. The van der Waals surface area contributed by atoms with Gasteiger partial charge >= 0.3 is 13.1 Å². The van der Waals surface area contributed by atoms with Crippen LogP contribution in [0.25, 0.3) is 10.4 Å². The predicted molar refractivity (Wildman–Crippen MR) is 101 cm³/mol. The van der Waals surface area contributed by atoms with E-state index in [1.165, 1.54) is 6.07 Å². The summed E-state index contributed by atoms with van der Waals surface area (Å²) in [5.74, 6) is -0.496. The minimum absolute atomic E-state index is 0.289. The molecule has 8 heteroatoms. The van der Waals surface area contributed by atoms with Crippen molar-refractivity contribution in [2.24, 2.45) is 5.11 Å². The third-order valence-electron chi connectivity index (χ3n) is 4.71. The van der Waals surface area contributed by atoms with Gasteiger partial charge in [0, 0.05) is 10.6 Å². The van der Waals surface area contributed by atoms with Crippen molar-refractivity contribution in [3.8, 4) is 0 Å². The van der Waals surface area contributed by atoms with Gasteiger partial charge in [-0.2, -0.15) is 0 Å². The molecule has 1 aliphatic rings. The summed E-state index contributed by atoms with van der Waals surface area (Å²) in [5, 5.41) is 3.71. The topological polar surface area (TPSA) is 93.5 Å². The normalized spacial score (nSPS) is 18.4. The first-order valence-corrected chi connectivity index (χ1v) is 8.56. The van der Waals surface area contributed by atoms with Gasteiger partial charge in [0.2, 0.25) is 0 Å². The van der Waals surface area contributed by atoms with Crippen molar-refractivity contribution >= 4 is 24.2 Å². The van der Waals surface area contributed by atoms with E-state index in [1.807, 2.05) is 34.6 Å². The van der Waals surface area contributed by atoms with Gasteiger partial charge in [0.05, 0.1) is 16.8 Å². The Morgan fingerprint density at radius 1 is 1.19 bits per heavy atom. The highest BCUT2D eigenvalue weighted by molar-refractivity contribution is 6.63. The van der Waals surface area contributed by atoms with Crippen LogP contribution in [0.5, 0.6) is 0 Å². The molecule has 0 unspecified atom stereocenters. The van der Waals surface area contributed by atoms with Crippen LogP contribution in [0.2, 0.25) is 0 Å². The van der Waals surface area contributed by atoms with Crippen molar-refractivity contribution in [1.29, 1.82) is 0 Å². The summed E-state index contributed by atoms with van der Waals surface area (Å²) in [6, 6.07) is 3.21. The summed E-state index contributed by atoms with van der Waals surface area (Å²) in [5.41, 5.74) is 9.17. The maximum atomic E-state index is 12.5. The lowest BCUT2D eigenvalue weighted by atomic mass is 9.75. The molecule has 0 N–H and O–H groups in total. The lowest BCUT2D eigenvalue weighted by Gasteiger charge is -2.32. The zero-order valence-corrected chi connectivity index (χ0v) is 16.7. The fourth-order valence-corrected chi connectivity index (χ4v) is 2.54. The van der Waals surface area contributed by atoms with Crippen LogP contribution >= 0.6 is 0 Å². The van der Waals surface area contributed by atoms with E-state index in [-0.39, 0.29) is 5.56 Å². The van der Waals surface area contributed by atoms with E-state index in [0.717, 1.165) is 0 Å². The molecule has 1 aromatic carbocycles. The fourth-order valence-electron chi connectivity index (χ4n) is 2.54. The van der Waals surface area contributed by atoms with Crippen LogP contribution < -0.4 is 5.46 Å². The number of ether oxygens (including phenoxy) is 1. The van der Waals surface area contributed by atoms with Crippen LogP contribution in [-0.4, -0.2) is 29.9 Å². The van der Waals surface area contributed by atoms with Crippen LogP contribution in [0, 0.1) is 6.92 Å². The molecule has 1 heterocycles. The Morgan fingerprint density at radius 2 is 1.73 bits per heavy atom. The first-order chi connectivity index (χ1) is 11.8. The lowest BCUT2D eigenvalue weighted by molar-refractivity contribution is 0.00578. The zero-order chi connectivity index (χ0) is 19.9. The van der Waals surface area contributed by atoms with Crippen molar-refractivity contribution in [1.82, 2.24) is 0 Å². The van der Waals surface area contributed by atoms with Crippen LogP contribution in [0.1, 0.15) is 64.4 Å². The minimum atomic E-state index is -0.671. The van der Waals surface area contributed by atoms with Crippen molar-refractivity contribution in [2.75, 3.05) is 0 Å². The highest BCUT2D eigenvalue weighted by atomic mass is 16.7. The van der Waals surface area contributed by atoms with E-state index >= 15 is 0 Å². The van der Waals surface area contributed by atoms with Gasteiger partial charge < -0.3 is 14.0 Å². The van der Waals surface area contributed by atoms with Gasteiger partial charge in [-0.05, 0) is 84.1 Å². The average molecular weight is 359 g/mol. The fraction of sp³-hybridized carbons (Fsp3) is 0.611. The van der Waals surface area contributed by atoms with Gasteiger partial charge in [0.1, 0.15) is 5.60 Å². The third-order valence-corrected chi connectivity index (χ3v) is 4.71. The van der Waals surface area contributed by atoms with Gasteiger partial charge in [0.15, 0.2) is 0 Å². The highest BCUT2D eigenvalue weighted by Crippen LogP contribution is 2.37. The van der Waals surface area contributed by atoms with Gasteiger partial charge in [-0.1, -0.05) is 5.11 Å². The van der Waals surface area contributed by atoms with E-state index in [1.54, 1.807) is 26.8 Å². The molecule has 0 spiro atoms. The number of benzene rings is 1. The molecule has 1 aliphatic heterocycles. The van der Waals surface area contributed by atoms with Gasteiger partial charge in [0.25, 0.3) is 0 Å². The number of carbonyl (C=O) groups is 1. The van der Waals surface area contributed by atoms with Gasteiger partial charge in [-0.3, -0.25) is 0 Å². The number of esters is 1. The second-order valence-corrected chi connectivity index (χ2v) is 8.49. The van der Waals surface area contributed by atoms with E-state index in [0.29, 0.717) is 16.7 Å². The summed E-state index contributed by atoms with van der Waals surface area (Å²) >= 11 is 0. The number of hydrogen-bond acceptors (Lipinski definition) is 5. The first-order valence-electron chi connectivity index (χ1n) is 8.56. The third kappa shape index (κ3) is 4.03. The lowest BCUT2D eigenvalue weighted by Crippen LogP contribution is -2.41. The molecule has 140 valence electrons. The Kier molecular flexibility index (Phi) is 5.16.